The van der Waals surface area contributed by atoms with Gasteiger partial charge in [-0.1, -0.05) is 13.8 Å². The Balaban J connectivity index is 2.75. The van der Waals surface area contributed by atoms with E-state index in [9.17, 15) is 0 Å². The highest BCUT2D eigenvalue weighted by Crippen LogP contribution is 2.08. The van der Waals surface area contributed by atoms with Gasteiger partial charge in [0.1, 0.15) is 0 Å². The number of thiol groups is 1. The molecule has 0 aliphatic heterocycles. The first-order chi connectivity index (χ1) is 4.27. The molecule has 9 heavy (non-hydrogen) atoms. The van der Waals surface area contributed by atoms with Crippen LogP contribution in [0.3, 0.4) is 0 Å². The molecule has 0 saturated heterocycles. The molecule has 0 N–H and O–H groups in total. The Labute approximate surface area is 68.2 Å². The molecule has 0 radical (unpaired) electrons. The molecule has 0 nitrogen and oxygen atoms in total. The van der Waals surface area contributed by atoms with Crippen LogP contribution >= 0.6 is 24.4 Å². The van der Waals surface area contributed by atoms with Crippen LogP contribution in [0.4, 0.5) is 0 Å². The van der Waals surface area contributed by atoms with E-state index in [0.29, 0.717) is 0 Å². The van der Waals surface area contributed by atoms with Crippen molar-refractivity contribution in [3.05, 3.63) is 0 Å². The summed E-state index contributed by atoms with van der Waals surface area (Å²) in [6.45, 7) is 4.53. The van der Waals surface area contributed by atoms with Crippen LogP contribution in [0.2, 0.25) is 0 Å². The van der Waals surface area contributed by atoms with Gasteiger partial charge in [0.15, 0.2) is 0 Å². The minimum Gasteiger partial charge on any atom is -0.179 e. The van der Waals surface area contributed by atoms with Gasteiger partial charge in [-0.15, -0.1) is 0 Å². The first kappa shape index (κ1) is 9.70. The lowest BCUT2D eigenvalue weighted by atomic mass is 10.2. The third-order valence-corrected chi connectivity index (χ3v) is 2.62. The maximum absolute atomic E-state index is 4.12. The minimum absolute atomic E-state index is 0.859. The summed E-state index contributed by atoms with van der Waals surface area (Å²) in [4.78, 5) is 0. The summed E-state index contributed by atoms with van der Waals surface area (Å²) in [7, 11) is 0. The van der Waals surface area contributed by atoms with Gasteiger partial charge in [0.05, 0.1) is 0 Å². The molecule has 0 atom stereocenters. The lowest BCUT2D eigenvalue weighted by Crippen LogP contribution is -1.90. The molecule has 0 spiro atoms. The molecule has 0 aromatic heterocycles. The van der Waals surface area contributed by atoms with E-state index < -0.39 is 0 Å². The van der Waals surface area contributed by atoms with Crippen molar-refractivity contribution in [2.45, 2.75) is 20.3 Å². The van der Waals surface area contributed by atoms with E-state index in [1.54, 1.807) is 0 Å². The van der Waals surface area contributed by atoms with E-state index in [2.05, 4.69) is 26.5 Å². The Kier molecular flexibility index (Phi) is 7.34. The zero-order valence-corrected chi connectivity index (χ0v) is 7.97. The molecule has 0 bridgehead atoms. The van der Waals surface area contributed by atoms with Crippen LogP contribution in [0, 0.1) is 5.92 Å². The topological polar surface area (TPSA) is 0 Å². The lowest BCUT2D eigenvalue weighted by Gasteiger charge is -2.01. The first-order valence-electron chi connectivity index (χ1n) is 3.46. The molecular formula is C7H16S2. The third kappa shape index (κ3) is 8.70. The van der Waals surface area contributed by atoms with E-state index >= 15 is 0 Å². The summed E-state index contributed by atoms with van der Waals surface area (Å²) < 4.78 is 0. The van der Waals surface area contributed by atoms with Crippen LogP contribution in [0.25, 0.3) is 0 Å². The summed E-state index contributed by atoms with van der Waals surface area (Å²) >= 11 is 6.13. The normalized spacial score (nSPS) is 10.7. The molecule has 2 heteroatoms. The van der Waals surface area contributed by atoms with E-state index in [1.807, 2.05) is 11.8 Å². The molecule has 0 amide bonds. The number of hydrogen-bond donors (Lipinski definition) is 1. The van der Waals surface area contributed by atoms with Crippen LogP contribution in [-0.4, -0.2) is 17.3 Å². The minimum atomic E-state index is 0.859. The number of thioether (sulfide) groups is 1. The van der Waals surface area contributed by atoms with Crippen LogP contribution < -0.4 is 0 Å². The largest absolute Gasteiger partial charge is 0.179 e. The summed E-state index contributed by atoms with van der Waals surface area (Å²) in [5.41, 5.74) is 0. The van der Waals surface area contributed by atoms with Gasteiger partial charge >= 0.3 is 0 Å². The van der Waals surface area contributed by atoms with Gasteiger partial charge in [0.2, 0.25) is 0 Å². The molecule has 56 valence electrons. The molecule has 0 aromatic carbocycles. The Morgan fingerprint density at radius 2 is 2.00 bits per heavy atom. The number of rotatable bonds is 5. The molecule has 0 aromatic rings. The van der Waals surface area contributed by atoms with Crippen molar-refractivity contribution in [1.82, 2.24) is 0 Å². The predicted octanol–water partition coefficient (Wildman–Crippen LogP) is 2.70. The zero-order valence-electron chi connectivity index (χ0n) is 6.26. The molecule has 0 rings (SSSR count). The van der Waals surface area contributed by atoms with Crippen molar-refractivity contribution >= 4 is 24.4 Å². The highest BCUT2D eigenvalue weighted by Gasteiger charge is 1.92. The fraction of sp³-hybridized carbons (Fsp3) is 1.00. The molecule has 0 saturated carbocycles. The van der Waals surface area contributed by atoms with Crippen molar-refractivity contribution < 1.29 is 0 Å². The Bertz CT molecular complexity index is 52.9. The fourth-order valence-electron chi connectivity index (χ4n) is 0.486. The smallest absolute Gasteiger partial charge is 0.00210 e. The van der Waals surface area contributed by atoms with Crippen molar-refractivity contribution in [3.8, 4) is 0 Å². The molecule has 0 aliphatic carbocycles. The summed E-state index contributed by atoms with van der Waals surface area (Å²) in [5.74, 6) is 4.38. The third-order valence-electron chi connectivity index (χ3n) is 1.08. The summed E-state index contributed by atoms with van der Waals surface area (Å²) in [6, 6.07) is 0. The Morgan fingerprint density at radius 3 is 2.44 bits per heavy atom. The fourth-order valence-corrected chi connectivity index (χ4v) is 1.84. The van der Waals surface area contributed by atoms with Crippen molar-refractivity contribution in [2.24, 2.45) is 5.92 Å². The van der Waals surface area contributed by atoms with Gasteiger partial charge in [-0.3, -0.25) is 0 Å². The van der Waals surface area contributed by atoms with Gasteiger partial charge < -0.3 is 0 Å². The average Bonchev–Trinajstić information content (AvgIpc) is 1.80. The molecule has 0 unspecified atom stereocenters. The highest BCUT2D eigenvalue weighted by molar-refractivity contribution is 7.99. The Hall–Kier alpha value is 0.700. The van der Waals surface area contributed by atoms with Crippen LogP contribution in [0.1, 0.15) is 20.3 Å². The average molecular weight is 164 g/mol. The van der Waals surface area contributed by atoms with E-state index in [-0.39, 0.29) is 0 Å². The monoisotopic (exact) mass is 164 g/mol. The van der Waals surface area contributed by atoms with Crippen LogP contribution in [0.5, 0.6) is 0 Å². The lowest BCUT2D eigenvalue weighted by molar-refractivity contribution is 0.632. The van der Waals surface area contributed by atoms with Crippen molar-refractivity contribution in [1.29, 1.82) is 0 Å². The van der Waals surface area contributed by atoms with E-state index in [4.69, 9.17) is 0 Å². The summed E-state index contributed by atoms with van der Waals surface area (Å²) in [6.07, 6.45) is 1.35. The van der Waals surface area contributed by atoms with Gasteiger partial charge in [-0.25, -0.2) is 0 Å². The summed E-state index contributed by atoms with van der Waals surface area (Å²) in [5, 5.41) is 0. The highest BCUT2D eigenvalue weighted by atomic mass is 32.2. The molecular weight excluding hydrogens is 148 g/mol. The Morgan fingerprint density at radius 1 is 1.33 bits per heavy atom. The maximum Gasteiger partial charge on any atom is 0.00210 e. The standard InChI is InChI=1S/C7H16S2/c1-7(2)3-5-9-6-4-8/h7-8H,3-6H2,1-2H3. The molecule has 0 aliphatic rings. The number of hydrogen-bond acceptors (Lipinski definition) is 2. The SMILES string of the molecule is CC(C)CCSCCS. The van der Waals surface area contributed by atoms with Crippen LogP contribution in [0.15, 0.2) is 0 Å². The second-order valence-corrected chi connectivity index (χ2v) is 4.19. The zero-order chi connectivity index (χ0) is 7.11. The van der Waals surface area contributed by atoms with Gasteiger partial charge in [0, 0.05) is 5.75 Å². The molecule has 0 heterocycles. The van der Waals surface area contributed by atoms with Gasteiger partial charge in [-0.05, 0) is 23.8 Å². The van der Waals surface area contributed by atoms with Crippen LogP contribution in [-0.2, 0) is 0 Å². The van der Waals surface area contributed by atoms with Crippen molar-refractivity contribution in [2.75, 3.05) is 17.3 Å². The second kappa shape index (κ2) is 6.81. The quantitative estimate of drug-likeness (QED) is 0.481. The first-order valence-corrected chi connectivity index (χ1v) is 5.24. The predicted molar refractivity (Wildman–Crippen MR) is 50.6 cm³/mol. The van der Waals surface area contributed by atoms with Crippen molar-refractivity contribution in [3.63, 3.8) is 0 Å². The van der Waals surface area contributed by atoms with Gasteiger partial charge in [0.25, 0.3) is 0 Å². The van der Waals surface area contributed by atoms with E-state index in [1.165, 1.54) is 17.9 Å². The second-order valence-electron chi connectivity index (χ2n) is 2.52. The van der Waals surface area contributed by atoms with E-state index in [0.717, 1.165) is 11.7 Å². The van der Waals surface area contributed by atoms with Gasteiger partial charge in [-0.2, -0.15) is 24.4 Å². The molecule has 0 fully saturated rings. The maximum atomic E-state index is 4.12.